The first-order valence-corrected chi connectivity index (χ1v) is 5.94. The Labute approximate surface area is 109 Å². The van der Waals surface area contributed by atoms with Crippen molar-refractivity contribution in [3.05, 3.63) is 64.0 Å². The minimum absolute atomic E-state index is 0.108. The van der Waals surface area contributed by atoms with Crippen molar-refractivity contribution in [2.75, 3.05) is 0 Å². The maximum atomic E-state index is 12.0. The molecule has 0 aliphatic rings. The number of aromatic nitrogens is 1. The molecule has 0 aliphatic heterocycles. The van der Waals surface area contributed by atoms with E-state index in [4.69, 9.17) is 11.6 Å². The summed E-state index contributed by atoms with van der Waals surface area (Å²) in [5.74, 6) is 0. The maximum Gasteiger partial charge on any atom is 0.256 e. The topological polar surface area (TPSA) is 32.9 Å². The summed E-state index contributed by atoms with van der Waals surface area (Å²) in [6, 6.07) is 9.48. The molecule has 2 nitrogen and oxygen atoms in total. The Morgan fingerprint density at radius 1 is 1.17 bits per heavy atom. The van der Waals surface area contributed by atoms with Crippen LogP contribution in [0.2, 0.25) is 5.02 Å². The van der Waals surface area contributed by atoms with Crippen molar-refractivity contribution in [3.8, 4) is 0 Å². The highest BCUT2D eigenvalue weighted by molar-refractivity contribution is 6.31. The van der Waals surface area contributed by atoms with E-state index in [0.717, 1.165) is 21.7 Å². The van der Waals surface area contributed by atoms with Crippen LogP contribution in [0.15, 0.2) is 47.9 Å². The van der Waals surface area contributed by atoms with Crippen molar-refractivity contribution < 1.29 is 0 Å². The molecule has 88 valence electrons. The first-order valence-electron chi connectivity index (χ1n) is 5.57. The van der Waals surface area contributed by atoms with E-state index < -0.39 is 0 Å². The highest BCUT2D eigenvalue weighted by atomic mass is 35.5. The first kappa shape index (κ1) is 11.1. The second kappa shape index (κ2) is 4.00. The van der Waals surface area contributed by atoms with Crippen LogP contribution in [-0.4, -0.2) is 4.98 Å². The van der Waals surface area contributed by atoms with Gasteiger partial charge in [0.2, 0.25) is 0 Å². The quantitative estimate of drug-likeness (QED) is 0.656. The smallest absolute Gasteiger partial charge is 0.256 e. The van der Waals surface area contributed by atoms with Crippen molar-refractivity contribution in [3.63, 3.8) is 0 Å². The van der Waals surface area contributed by atoms with Gasteiger partial charge in [-0.15, -0.1) is 0 Å². The Hall–Kier alpha value is -2.06. The predicted molar refractivity (Wildman–Crippen MR) is 77.2 cm³/mol. The molecule has 1 N–H and O–H groups in total. The lowest BCUT2D eigenvalue weighted by molar-refractivity contribution is 1.27. The van der Waals surface area contributed by atoms with Gasteiger partial charge in [0.1, 0.15) is 0 Å². The SMILES string of the molecule is C=Cc1c[nH]c(=O)c2c1ccc1ccc(Cl)cc12. The third-order valence-electron chi connectivity index (χ3n) is 3.10. The summed E-state index contributed by atoms with van der Waals surface area (Å²) in [5, 5.41) is 4.04. The summed E-state index contributed by atoms with van der Waals surface area (Å²) >= 11 is 6.01. The largest absolute Gasteiger partial charge is 0.328 e. The van der Waals surface area contributed by atoms with Crippen LogP contribution in [0.5, 0.6) is 0 Å². The molecule has 2 aromatic carbocycles. The lowest BCUT2D eigenvalue weighted by Gasteiger charge is -2.06. The number of fused-ring (bicyclic) bond motifs is 3. The summed E-state index contributed by atoms with van der Waals surface area (Å²) in [4.78, 5) is 14.8. The molecule has 0 fully saturated rings. The van der Waals surface area contributed by atoms with Crippen LogP contribution in [0, 0.1) is 0 Å². The fourth-order valence-corrected chi connectivity index (χ4v) is 2.41. The summed E-state index contributed by atoms with van der Waals surface area (Å²) in [5.41, 5.74) is 0.801. The van der Waals surface area contributed by atoms with Crippen molar-refractivity contribution in [2.24, 2.45) is 0 Å². The second-order valence-electron chi connectivity index (χ2n) is 4.13. The van der Waals surface area contributed by atoms with E-state index in [1.807, 2.05) is 30.3 Å². The summed E-state index contributed by atoms with van der Waals surface area (Å²) in [6.07, 6.45) is 3.41. The van der Waals surface area contributed by atoms with Crippen LogP contribution in [0.25, 0.3) is 27.6 Å². The average Bonchev–Trinajstić information content (AvgIpc) is 2.38. The van der Waals surface area contributed by atoms with Gasteiger partial charge in [0, 0.05) is 11.2 Å². The Bertz CT molecular complexity index is 833. The van der Waals surface area contributed by atoms with E-state index in [0.29, 0.717) is 10.4 Å². The molecule has 0 atom stereocenters. The lowest BCUT2D eigenvalue weighted by atomic mass is 10.0. The van der Waals surface area contributed by atoms with Crippen LogP contribution in [0.4, 0.5) is 0 Å². The van der Waals surface area contributed by atoms with Crippen LogP contribution in [0.1, 0.15) is 5.56 Å². The predicted octanol–water partition coefficient (Wildman–Crippen LogP) is 3.98. The van der Waals surface area contributed by atoms with Gasteiger partial charge in [-0.25, -0.2) is 0 Å². The number of aromatic amines is 1. The van der Waals surface area contributed by atoms with Gasteiger partial charge in [0.25, 0.3) is 5.56 Å². The van der Waals surface area contributed by atoms with Crippen LogP contribution in [-0.2, 0) is 0 Å². The Morgan fingerprint density at radius 2 is 1.94 bits per heavy atom. The molecule has 0 unspecified atom stereocenters. The Kier molecular flexibility index (Phi) is 2.46. The zero-order valence-corrected chi connectivity index (χ0v) is 10.3. The molecule has 3 heteroatoms. The van der Waals surface area contributed by atoms with Crippen molar-refractivity contribution >= 4 is 39.2 Å². The maximum absolute atomic E-state index is 12.0. The molecule has 0 aliphatic carbocycles. The number of H-pyrrole nitrogens is 1. The Morgan fingerprint density at radius 3 is 2.72 bits per heavy atom. The molecule has 18 heavy (non-hydrogen) atoms. The second-order valence-corrected chi connectivity index (χ2v) is 4.57. The van der Waals surface area contributed by atoms with E-state index >= 15 is 0 Å². The van der Waals surface area contributed by atoms with Gasteiger partial charge >= 0.3 is 0 Å². The minimum atomic E-state index is -0.108. The normalized spacial score (nSPS) is 10.9. The summed E-state index contributed by atoms with van der Waals surface area (Å²) in [6.45, 7) is 3.76. The van der Waals surface area contributed by atoms with Gasteiger partial charge in [-0.2, -0.15) is 0 Å². The third-order valence-corrected chi connectivity index (χ3v) is 3.34. The average molecular weight is 256 g/mol. The molecule has 0 saturated heterocycles. The van der Waals surface area contributed by atoms with E-state index in [9.17, 15) is 4.79 Å². The van der Waals surface area contributed by atoms with Gasteiger partial charge < -0.3 is 4.98 Å². The lowest BCUT2D eigenvalue weighted by Crippen LogP contribution is -2.06. The van der Waals surface area contributed by atoms with Crippen LogP contribution >= 0.6 is 11.6 Å². The van der Waals surface area contributed by atoms with Gasteiger partial charge in [-0.1, -0.05) is 42.5 Å². The van der Waals surface area contributed by atoms with E-state index in [1.54, 1.807) is 12.3 Å². The zero-order chi connectivity index (χ0) is 12.7. The van der Waals surface area contributed by atoms with Gasteiger partial charge in [-0.3, -0.25) is 4.79 Å². The van der Waals surface area contributed by atoms with Crippen molar-refractivity contribution in [2.45, 2.75) is 0 Å². The molecule has 0 spiro atoms. The Balaban J connectivity index is 2.65. The molecule has 3 aromatic rings. The molecule has 0 saturated carbocycles. The fourth-order valence-electron chi connectivity index (χ4n) is 2.24. The summed E-state index contributed by atoms with van der Waals surface area (Å²) < 4.78 is 0. The monoisotopic (exact) mass is 255 g/mol. The molecular weight excluding hydrogens is 246 g/mol. The van der Waals surface area contributed by atoms with Gasteiger partial charge in [0.05, 0.1) is 5.39 Å². The van der Waals surface area contributed by atoms with Crippen LogP contribution in [0.3, 0.4) is 0 Å². The molecule has 0 amide bonds. The van der Waals surface area contributed by atoms with E-state index in [-0.39, 0.29) is 5.56 Å². The number of halogens is 1. The van der Waals surface area contributed by atoms with Gasteiger partial charge in [0.15, 0.2) is 0 Å². The highest BCUT2D eigenvalue weighted by Gasteiger charge is 2.07. The molecule has 0 radical (unpaired) electrons. The number of hydrogen-bond donors (Lipinski definition) is 1. The molecule has 3 rings (SSSR count). The first-order chi connectivity index (χ1) is 8.70. The van der Waals surface area contributed by atoms with Crippen molar-refractivity contribution in [1.29, 1.82) is 0 Å². The van der Waals surface area contributed by atoms with E-state index in [2.05, 4.69) is 11.6 Å². The number of benzene rings is 2. The zero-order valence-electron chi connectivity index (χ0n) is 9.53. The number of nitrogens with one attached hydrogen (secondary N) is 1. The molecular formula is C15H10ClNO. The fraction of sp³-hybridized carbons (Fsp3) is 0. The third kappa shape index (κ3) is 1.54. The van der Waals surface area contributed by atoms with Crippen LogP contribution < -0.4 is 5.56 Å². The van der Waals surface area contributed by atoms with E-state index in [1.165, 1.54) is 0 Å². The number of hydrogen-bond acceptors (Lipinski definition) is 1. The molecule has 0 bridgehead atoms. The number of rotatable bonds is 1. The molecule has 1 aromatic heterocycles. The van der Waals surface area contributed by atoms with Crippen molar-refractivity contribution in [1.82, 2.24) is 4.98 Å². The highest BCUT2D eigenvalue weighted by Crippen LogP contribution is 2.27. The molecule has 1 heterocycles. The van der Waals surface area contributed by atoms with Gasteiger partial charge in [-0.05, 0) is 33.9 Å². The standard InChI is InChI=1S/C15H10ClNO/c1-2-9-8-17-15(18)14-12(9)6-4-10-3-5-11(16)7-13(10)14/h2-8H,1H2,(H,17,18). The number of pyridine rings is 1. The minimum Gasteiger partial charge on any atom is -0.328 e. The summed E-state index contributed by atoms with van der Waals surface area (Å²) in [7, 11) is 0.